The summed E-state index contributed by atoms with van der Waals surface area (Å²) in [5, 5.41) is 0. The normalized spacial score (nSPS) is 9.47. The average Bonchev–Trinajstić information content (AvgIpc) is 2.37. The van der Waals surface area contributed by atoms with E-state index in [1.165, 1.54) is 5.56 Å². The fraction of sp³-hybridized carbons (Fsp3) is 0.250. The van der Waals surface area contributed by atoms with Gasteiger partial charge in [0.25, 0.3) is 0 Å². The molecule has 0 spiro atoms. The lowest BCUT2D eigenvalue weighted by Gasteiger charge is -2.05. The van der Waals surface area contributed by atoms with Crippen LogP contribution in [-0.2, 0) is 0 Å². The molecule has 0 bridgehead atoms. The van der Waals surface area contributed by atoms with Crippen LogP contribution in [0.1, 0.15) is 25.0 Å². The van der Waals surface area contributed by atoms with E-state index in [0.29, 0.717) is 11.1 Å². The Labute approximate surface area is 103 Å². The zero-order valence-electron chi connectivity index (χ0n) is 10.9. The largest absolute Gasteiger partial charge is 0.206 e. The van der Waals surface area contributed by atoms with Gasteiger partial charge in [0, 0.05) is 5.56 Å². The zero-order valence-corrected chi connectivity index (χ0v) is 10.9. The molecular weight excluding hydrogens is 211 g/mol. The van der Waals surface area contributed by atoms with Crippen molar-refractivity contribution in [2.24, 2.45) is 0 Å². The summed E-state index contributed by atoms with van der Waals surface area (Å²) in [7, 11) is 0. The van der Waals surface area contributed by atoms with Crippen LogP contribution < -0.4 is 0 Å². The van der Waals surface area contributed by atoms with Gasteiger partial charge in [-0.3, -0.25) is 0 Å². The Morgan fingerprint density at radius 3 is 2.00 bits per heavy atom. The average molecular weight is 230 g/mol. The van der Waals surface area contributed by atoms with Crippen molar-refractivity contribution >= 4 is 0 Å². The van der Waals surface area contributed by atoms with Gasteiger partial charge >= 0.3 is 0 Å². The maximum absolute atomic E-state index is 13.8. The van der Waals surface area contributed by atoms with Crippen LogP contribution in [0.2, 0.25) is 0 Å². The molecule has 0 aliphatic heterocycles. The maximum atomic E-state index is 13.8. The molecule has 0 heterocycles. The van der Waals surface area contributed by atoms with Gasteiger partial charge < -0.3 is 0 Å². The summed E-state index contributed by atoms with van der Waals surface area (Å²) >= 11 is 0. The molecule has 0 N–H and O–H groups in total. The van der Waals surface area contributed by atoms with Gasteiger partial charge in [-0.25, -0.2) is 4.39 Å². The molecule has 2 rings (SSSR count). The summed E-state index contributed by atoms with van der Waals surface area (Å²) in [4.78, 5) is 0. The molecule has 0 aromatic heterocycles. The van der Waals surface area contributed by atoms with E-state index in [9.17, 15) is 4.39 Å². The van der Waals surface area contributed by atoms with Crippen molar-refractivity contribution in [2.45, 2.75) is 27.7 Å². The third kappa shape index (κ3) is 3.16. The Morgan fingerprint density at radius 2 is 1.41 bits per heavy atom. The molecule has 0 fully saturated rings. The van der Waals surface area contributed by atoms with Crippen LogP contribution in [0.15, 0.2) is 42.5 Å². The lowest BCUT2D eigenvalue weighted by atomic mass is 10.0. The Kier molecular flexibility index (Phi) is 4.89. The number of halogens is 1. The van der Waals surface area contributed by atoms with Gasteiger partial charge in [0.15, 0.2) is 0 Å². The molecular formula is C16H19F. The summed E-state index contributed by atoms with van der Waals surface area (Å²) in [5.74, 6) is -0.124. The van der Waals surface area contributed by atoms with Crippen molar-refractivity contribution in [1.82, 2.24) is 0 Å². The number of rotatable bonds is 1. The van der Waals surface area contributed by atoms with E-state index in [-0.39, 0.29) is 5.82 Å². The minimum absolute atomic E-state index is 0.124. The van der Waals surface area contributed by atoms with E-state index in [1.807, 2.05) is 57.2 Å². The summed E-state index contributed by atoms with van der Waals surface area (Å²) in [6.45, 7) is 7.81. The topological polar surface area (TPSA) is 0 Å². The lowest BCUT2D eigenvalue weighted by Crippen LogP contribution is -1.87. The molecule has 1 heteroatoms. The summed E-state index contributed by atoms with van der Waals surface area (Å²) in [6.07, 6.45) is 0. The standard InChI is InChI=1S/C14H13F.C2H6/c1-10-6-8-12(9-7-10)13-5-3-4-11(2)14(13)15;1-2/h3-9H,1-2H3;1-2H3. The van der Waals surface area contributed by atoms with Crippen molar-refractivity contribution in [2.75, 3.05) is 0 Å². The van der Waals surface area contributed by atoms with Gasteiger partial charge in [0.1, 0.15) is 5.82 Å². The fourth-order valence-corrected chi connectivity index (χ4v) is 1.60. The molecule has 0 saturated carbocycles. The van der Waals surface area contributed by atoms with Crippen LogP contribution in [0.5, 0.6) is 0 Å². The van der Waals surface area contributed by atoms with Gasteiger partial charge in [0.05, 0.1) is 0 Å². The van der Waals surface area contributed by atoms with Gasteiger partial charge in [-0.1, -0.05) is 61.9 Å². The minimum atomic E-state index is -0.124. The molecule has 90 valence electrons. The SMILES string of the molecule is CC.Cc1ccc(-c2cccc(C)c2F)cc1. The van der Waals surface area contributed by atoms with Gasteiger partial charge in [-0.05, 0) is 25.0 Å². The van der Waals surface area contributed by atoms with E-state index in [4.69, 9.17) is 0 Å². The predicted octanol–water partition coefficient (Wildman–Crippen LogP) is 5.14. The number of hydrogen-bond donors (Lipinski definition) is 0. The molecule has 0 nitrogen and oxygen atoms in total. The van der Waals surface area contributed by atoms with E-state index >= 15 is 0 Å². The fourth-order valence-electron chi connectivity index (χ4n) is 1.60. The van der Waals surface area contributed by atoms with Gasteiger partial charge in [-0.2, -0.15) is 0 Å². The van der Waals surface area contributed by atoms with Gasteiger partial charge in [-0.15, -0.1) is 0 Å². The smallest absolute Gasteiger partial charge is 0.133 e. The molecule has 0 saturated heterocycles. The first-order valence-corrected chi connectivity index (χ1v) is 6.00. The second-order valence-corrected chi connectivity index (χ2v) is 3.80. The summed E-state index contributed by atoms with van der Waals surface area (Å²) in [6, 6.07) is 13.4. The third-order valence-electron chi connectivity index (χ3n) is 2.55. The molecule has 0 aliphatic carbocycles. The Morgan fingerprint density at radius 1 is 0.824 bits per heavy atom. The van der Waals surface area contributed by atoms with Crippen LogP contribution in [0, 0.1) is 19.7 Å². The molecule has 2 aromatic rings. The van der Waals surface area contributed by atoms with E-state index in [0.717, 1.165) is 5.56 Å². The molecule has 0 aliphatic rings. The van der Waals surface area contributed by atoms with E-state index in [2.05, 4.69) is 0 Å². The highest BCUT2D eigenvalue weighted by atomic mass is 19.1. The monoisotopic (exact) mass is 230 g/mol. The second-order valence-electron chi connectivity index (χ2n) is 3.80. The molecule has 0 unspecified atom stereocenters. The third-order valence-corrected chi connectivity index (χ3v) is 2.55. The van der Waals surface area contributed by atoms with Gasteiger partial charge in [0.2, 0.25) is 0 Å². The highest BCUT2D eigenvalue weighted by Gasteiger charge is 2.05. The highest BCUT2D eigenvalue weighted by molar-refractivity contribution is 5.65. The van der Waals surface area contributed by atoms with Crippen molar-refractivity contribution in [3.05, 3.63) is 59.4 Å². The molecule has 0 amide bonds. The van der Waals surface area contributed by atoms with Crippen LogP contribution in [0.3, 0.4) is 0 Å². The molecule has 0 atom stereocenters. The molecule has 0 radical (unpaired) electrons. The molecule has 17 heavy (non-hydrogen) atoms. The first kappa shape index (κ1) is 13.4. The van der Waals surface area contributed by atoms with Crippen molar-refractivity contribution in [3.8, 4) is 11.1 Å². The number of hydrogen-bond acceptors (Lipinski definition) is 0. The summed E-state index contributed by atoms with van der Waals surface area (Å²) < 4.78 is 13.8. The minimum Gasteiger partial charge on any atom is -0.206 e. The Hall–Kier alpha value is -1.63. The lowest BCUT2D eigenvalue weighted by molar-refractivity contribution is 0.622. The van der Waals surface area contributed by atoms with Crippen molar-refractivity contribution < 1.29 is 4.39 Å². The summed E-state index contributed by atoms with van der Waals surface area (Å²) in [5.41, 5.74) is 3.48. The second kappa shape index (κ2) is 6.19. The van der Waals surface area contributed by atoms with Crippen LogP contribution >= 0.6 is 0 Å². The Balaban J connectivity index is 0.000000686. The number of aryl methyl sites for hydroxylation is 2. The van der Waals surface area contributed by atoms with E-state index < -0.39 is 0 Å². The van der Waals surface area contributed by atoms with E-state index in [1.54, 1.807) is 13.0 Å². The highest BCUT2D eigenvalue weighted by Crippen LogP contribution is 2.24. The van der Waals surface area contributed by atoms with Crippen LogP contribution in [0.4, 0.5) is 4.39 Å². The van der Waals surface area contributed by atoms with Crippen LogP contribution in [-0.4, -0.2) is 0 Å². The van der Waals surface area contributed by atoms with Crippen molar-refractivity contribution in [1.29, 1.82) is 0 Å². The Bertz CT molecular complexity index is 469. The van der Waals surface area contributed by atoms with Crippen LogP contribution in [0.25, 0.3) is 11.1 Å². The van der Waals surface area contributed by atoms with Crippen molar-refractivity contribution in [3.63, 3.8) is 0 Å². The maximum Gasteiger partial charge on any atom is 0.133 e. The first-order chi connectivity index (χ1) is 8.18. The number of benzene rings is 2. The molecule has 2 aromatic carbocycles. The predicted molar refractivity (Wildman–Crippen MR) is 72.7 cm³/mol. The first-order valence-electron chi connectivity index (χ1n) is 6.00. The quantitative estimate of drug-likeness (QED) is 0.636. The zero-order chi connectivity index (χ0) is 12.8.